The van der Waals surface area contributed by atoms with Gasteiger partial charge in [0.25, 0.3) is 0 Å². The molecule has 1 fully saturated rings. The number of hydrogen-bond donors (Lipinski definition) is 2. The molecule has 1 aliphatic rings. The Balaban J connectivity index is 1.48. The van der Waals surface area contributed by atoms with E-state index in [0.717, 1.165) is 48.9 Å². The second-order valence-electron chi connectivity index (χ2n) is 5.58. The van der Waals surface area contributed by atoms with E-state index >= 15 is 0 Å². The zero-order valence-corrected chi connectivity index (χ0v) is 12.2. The highest BCUT2D eigenvalue weighted by Gasteiger charge is 2.22. The van der Waals surface area contributed by atoms with E-state index in [4.69, 9.17) is 0 Å². The third-order valence-electron chi connectivity index (χ3n) is 3.99. The zero-order chi connectivity index (χ0) is 14.8. The predicted molar refractivity (Wildman–Crippen MR) is 87.0 cm³/mol. The average molecular weight is 294 g/mol. The Kier molecular flexibility index (Phi) is 3.34. The van der Waals surface area contributed by atoms with Crippen LogP contribution in [0.5, 0.6) is 0 Å². The first-order valence-electron chi connectivity index (χ1n) is 7.62. The Morgan fingerprint density at radius 2 is 2.00 bits per heavy atom. The van der Waals surface area contributed by atoms with Crippen molar-refractivity contribution in [1.29, 1.82) is 0 Å². The number of anilines is 2. The second-order valence-corrected chi connectivity index (χ2v) is 5.58. The molecule has 4 rings (SSSR count). The van der Waals surface area contributed by atoms with Crippen molar-refractivity contribution in [1.82, 2.24) is 19.9 Å². The monoisotopic (exact) mass is 294 g/mol. The molecule has 6 nitrogen and oxygen atoms in total. The van der Waals surface area contributed by atoms with Crippen molar-refractivity contribution in [2.45, 2.75) is 18.9 Å². The Labute approximate surface area is 128 Å². The number of rotatable bonds is 3. The van der Waals surface area contributed by atoms with Gasteiger partial charge in [-0.2, -0.15) is 0 Å². The van der Waals surface area contributed by atoms with Gasteiger partial charge in [-0.05, 0) is 31.0 Å². The van der Waals surface area contributed by atoms with Crippen molar-refractivity contribution < 1.29 is 0 Å². The predicted octanol–water partition coefficient (Wildman–Crippen LogP) is 2.43. The van der Waals surface area contributed by atoms with Gasteiger partial charge in [0, 0.05) is 31.5 Å². The van der Waals surface area contributed by atoms with Gasteiger partial charge in [0.1, 0.15) is 0 Å². The van der Waals surface area contributed by atoms with Gasteiger partial charge in [0.15, 0.2) is 0 Å². The van der Waals surface area contributed by atoms with Gasteiger partial charge in [-0.3, -0.25) is 0 Å². The molecule has 2 N–H and O–H groups in total. The molecule has 6 heteroatoms. The quantitative estimate of drug-likeness (QED) is 0.776. The maximum atomic E-state index is 4.59. The lowest BCUT2D eigenvalue weighted by molar-refractivity contribution is 0.521. The molecule has 0 saturated carbocycles. The molecule has 22 heavy (non-hydrogen) atoms. The standard InChI is InChI=1S/C16H18N6/c1-2-7-14-13(6-1)20-15(21-14)19-12-5-3-10-22(11-12)16-17-8-4-9-18-16/h1-2,4,6-9,12H,3,5,10-11H2,(H2,19,20,21). The van der Waals surface area contributed by atoms with Gasteiger partial charge in [-0.15, -0.1) is 0 Å². The van der Waals surface area contributed by atoms with Crippen molar-refractivity contribution in [3.8, 4) is 0 Å². The summed E-state index contributed by atoms with van der Waals surface area (Å²) in [4.78, 5) is 18.8. The number of piperidine rings is 1. The van der Waals surface area contributed by atoms with Gasteiger partial charge in [-0.1, -0.05) is 12.1 Å². The van der Waals surface area contributed by atoms with E-state index in [1.54, 1.807) is 12.4 Å². The van der Waals surface area contributed by atoms with Crippen LogP contribution in [0.2, 0.25) is 0 Å². The number of hydrogen-bond acceptors (Lipinski definition) is 5. The molecule has 2 aromatic heterocycles. The lowest BCUT2D eigenvalue weighted by atomic mass is 10.1. The van der Waals surface area contributed by atoms with E-state index in [1.807, 2.05) is 30.3 Å². The van der Waals surface area contributed by atoms with Crippen LogP contribution in [0, 0.1) is 0 Å². The topological polar surface area (TPSA) is 69.7 Å². The van der Waals surface area contributed by atoms with Crippen LogP contribution in [0.4, 0.5) is 11.9 Å². The maximum absolute atomic E-state index is 4.59. The van der Waals surface area contributed by atoms with Crippen LogP contribution in [-0.4, -0.2) is 39.1 Å². The molecule has 0 aliphatic carbocycles. The van der Waals surface area contributed by atoms with E-state index < -0.39 is 0 Å². The number of aromatic amines is 1. The highest BCUT2D eigenvalue weighted by molar-refractivity contribution is 5.77. The van der Waals surface area contributed by atoms with E-state index in [9.17, 15) is 0 Å². The first kappa shape index (κ1) is 13.1. The van der Waals surface area contributed by atoms with E-state index in [1.165, 1.54) is 0 Å². The van der Waals surface area contributed by atoms with Gasteiger partial charge in [0.2, 0.25) is 11.9 Å². The number of aromatic nitrogens is 4. The van der Waals surface area contributed by atoms with Crippen LogP contribution in [0.15, 0.2) is 42.7 Å². The summed E-state index contributed by atoms with van der Waals surface area (Å²) in [5, 5.41) is 3.51. The molecule has 0 radical (unpaired) electrons. The second kappa shape index (κ2) is 5.63. The fourth-order valence-electron chi connectivity index (χ4n) is 2.95. The van der Waals surface area contributed by atoms with Crippen molar-refractivity contribution in [2.24, 2.45) is 0 Å². The van der Waals surface area contributed by atoms with Crippen molar-refractivity contribution in [2.75, 3.05) is 23.3 Å². The fraction of sp³-hybridized carbons (Fsp3) is 0.312. The van der Waals surface area contributed by atoms with Crippen LogP contribution < -0.4 is 10.2 Å². The summed E-state index contributed by atoms with van der Waals surface area (Å²) in [5.41, 5.74) is 2.05. The van der Waals surface area contributed by atoms with Crippen LogP contribution in [0.25, 0.3) is 11.0 Å². The van der Waals surface area contributed by atoms with Crippen molar-refractivity contribution in [3.05, 3.63) is 42.7 Å². The molecule has 1 aromatic carbocycles. The molecule has 1 atom stereocenters. The third kappa shape index (κ3) is 2.59. The number of fused-ring (bicyclic) bond motifs is 1. The Bertz CT molecular complexity index is 720. The first-order valence-corrected chi connectivity index (χ1v) is 7.62. The summed E-state index contributed by atoms with van der Waals surface area (Å²) < 4.78 is 0. The van der Waals surface area contributed by atoms with Gasteiger partial charge < -0.3 is 15.2 Å². The SMILES string of the molecule is c1cnc(N2CCCC(Nc3nc4ccccc4[nH]3)C2)nc1. The summed E-state index contributed by atoms with van der Waals surface area (Å²) in [6, 6.07) is 10.3. The van der Waals surface area contributed by atoms with E-state index in [-0.39, 0.29) is 0 Å². The van der Waals surface area contributed by atoms with Gasteiger partial charge >= 0.3 is 0 Å². The van der Waals surface area contributed by atoms with Crippen molar-refractivity contribution >= 4 is 22.9 Å². The number of imidazole rings is 1. The molecule has 0 spiro atoms. The molecule has 3 heterocycles. The highest BCUT2D eigenvalue weighted by Crippen LogP contribution is 2.19. The minimum atomic E-state index is 0.345. The highest BCUT2D eigenvalue weighted by atomic mass is 15.3. The number of benzene rings is 1. The molecule has 0 bridgehead atoms. The molecule has 1 saturated heterocycles. The molecule has 0 amide bonds. The smallest absolute Gasteiger partial charge is 0.225 e. The normalized spacial score (nSPS) is 18.5. The number of para-hydroxylation sites is 2. The van der Waals surface area contributed by atoms with Crippen LogP contribution in [0.3, 0.4) is 0 Å². The largest absolute Gasteiger partial charge is 0.351 e. The lowest BCUT2D eigenvalue weighted by Gasteiger charge is -2.32. The third-order valence-corrected chi connectivity index (χ3v) is 3.99. The van der Waals surface area contributed by atoms with Crippen LogP contribution >= 0.6 is 0 Å². The van der Waals surface area contributed by atoms with Gasteiger partial charge in [-0.25, -0.2) is 15.0 Å². The Morgan fingerprint density at radius 1 is 1.14 bits per heavy atom. The summed E-state index contributed by atoms with van der Waals surface area (Å²) >= 11 is 0. The lowest BCUT2D eigenvalue weighted by Crippen LogP contribution is -2.43. The number of nitrogens with one attached hydrogen (secondary N) is 2. The Hall–Kier alpha value is -2.63. The molecular formula is C16H18N6. The summed E-state index contributed by atoms with van der Waals surface area (Å²) in [6.45, 7) is 1.89. The fourth-order valence-corrected chi connectivity index (χ4v) is 2.95. The average Bonchev–Trinajstić information content (AvgIpc) is 2.98. The molecule has 1 unspecified atom stereocenters. The van der Waals surface area contributed by atoms with Crippen LogP contribution in [-0.2, 0) is 0 Å². The van der Waals surface area contributed by atoms with E-state index in [0.29, 0.717) is 6.04 Å². The zero-order valence-electron chi connectivity index (χ0n) is 12.2. The molecule has 112 valence electrons. The minimum absolute atomic E-state index is 0.345. The first-order chi connectivity index (χ1) is 10.9. The van der Waals surface area contributed by atoms with E-state index in [2.05, 4.69) is 30.2 Å². The summed E-state index contributed by atoms with van der Waals surface area (Å²) in [5.74, 6) is 1.64. The molecule has 1 aliphatic heterocycles. The van der Waals surface area contributed by atoms with Crippen LogP contribution in [0.1, 0.15) is 12.8 Å². The summed E-state index contributed by atoms with van der Waals surface area (Å²) in [6.07, 6.45) is 5.83. The maximum Gasteiger partial charge on any atom is 0.225 e. The van der Waals surface area contributed by atoms with Gasteiger partial charge in [0.05, 0.1) is 11.0 Å². The summed E-state index contributed by atoms with van der Waals surface area (Å²) in [7, 11) is 0. The molecular weight excluding hydrogens is 276 g/mol. The number of nitrogens with zero attached hydrogens (tertiary/aromatic N) is 4. The molecule has 3 aromatic rings. The van der Waals surface area contributed by atoms with Crippen molar-refractivity contribution in [3.63, 3.8) is 0 Å². The minimum Gasteiger partial charge on any atom is -0.351 e. The number of H-pyrrole nitrogens is 1. The Morgan fingerprint density at radius 3 is 2.86 bits per heavy atom.